The summed E-state index contributed by atoms with van der Waals surface area (Å²) in [7, 11) is 0. The fourth-order valence-electron chi connectivity index (χ4n) is 2.28. The monoisotopic (exact) mass is 338 g/mol. The number of carbonyl (C=O) groups excluding carboxylic acids is 1. The molecule has 0 spiro atoms. The van der Waals surface area contributed by atoms with Crippen molar-refractivity contribution in [3.63, 3.8) is 0 Å². The van der Waals surface area contributed by atoms with Crippen LogP contribution in [-0.4, -0.2) is 12.0 Å². The van der Waals surface area contributed by atoms with E-state index in [-0.39, 0.29) is 0 Å². The lowest BCUT2D eigenvalue weighted by molar-refractivity contribution is -0.195. The van der Waals surface area contributed by atoms with Gasteiger partial charge in [0.15, 0.2) is 5.78 Å². The van der Waals surface area contributed by atoms with E-state index >= 15 is 0 Å². The highest BCUT2D eigenvalue weighted by Gasteiger charge is 2.51. The van der Waals surface area contributed by atoms with Crippen molar-refractivity contribution in [1.82, 2.24) is 0 Å². The molecule has 0 aliphatic rings. The zero-order valence-corrected chi connectivity index (χ0v) is 14.6. The molecule has 24 heavy (non-hydrogen) atoms. The molecule has 0 bridgehead atoms. The zero-order valence-electron chi connectivity index (χ0n) is 14.6. The smallest absolute Gasteiger partial charge is 0.294 e. The summed E-state index contributed by atoms with van der Waals surface area (Å²) in [5.74, 6) is 4.43. The lowest BCUT2D eigenvalue weighted by atomic mass is 9.83. The van der Waals surface area contributed by atoms with Crippen molar-refractivity contribution in [3.8, 4) is 11.8 Å². The molecule has 0 aromatic heterocycles. The molecule has 0 fully saturated rings. The summed E-state index contributed by atoms with van der Waals surface area (Å²) in [5, 5.41) is 0. The maximum atomic E-state index is 13.4. The molecule has 4 heteroatoms. The van der Waals surface area contributed by atoms with Crippen molar-refractivity contribution in [1.29, 1.82) is 0 Å². The number of ketones is 1. The standard InChI is InChI=1S/C20H25F3O/c1-4-5-6-7-8-9-14-19(3,20(21,22)23)15-18(24)17-12-10-16(2)11-13-17/h10-13H,4-8,15H2,1-3H3. The molecule has 0 heterocycles. The fraction of sp³-hybridized carbons (Fsp3) is 0.550. The van der Waals surface area contributed by atoms with Gasteiger partial charge in [-0.15, -0.1) is 5.92 Å². The van der Waals surface area contributed by atoms with Gasteiger partial charge in [-0.05, 0) is 20.3 Å². The van der Waals surface area contributed by atoms with E-state index in [2.05, 4.69) is 18.8 Å². The maximum Gasteiger partial charge on any atom is 0.405 e. The minimum Gasteiger partial charge on any atom is -0.294 e. The Hall–Kier alpha value is -1.76. The zero-order chi connectivity index (χ0) is 18.2. The molecule has 0 aliphatic heterocycles. The molecule has 132 valence electrons. The first-order chi connectivity index (χ1) is 11.2. The number of alkyl halides is 3. The Morgan fingerprint density at radius 2 is 1.71 bits per heavy atom. The molecule has 1 atom stereocenters. The van der Waals surface area contributed by atoms with Gasteiger partial charge in [-0.2, -0.15) is 13.2 Å². The largest absolute Gasteiger partial charge is 0.405 e. The van der Waals surface area contributed by atoms with Gasteiger partial charge in [-0.25, -0.2) is 0 Å². The van der Waals surface area contributed by atoms with Gasteiger partial charge in [0.25, 0.3) is 0 Å². The van der Waals surface area contributed by atoms with Crippen molar-refractivity contribution in [3.05, 3.63) is 35.4 Å². The van der Waals surface area contributed by atoms with Gasteiger partial charge in [0.1, 0.15) is 5.41 Å². The summed E-state index contributed by atoms with van der Waals surface area (Å²) >= 11 is 0. The van der Waals surface area contributed by atoms with Crippen LogP contribution in [0, 0.1) is 24.2 Å². The van der Waals surface area contributed by atoms with Crippen LogP contribution in [0.3, 0.4) is 0 Å². The van der Waals surface area contributed by atoms with E-state index in [4.69, 9.17) is 0 Å². The third-order valence-electron chi connectivity index (χ3n) is 4.03. The summed E-state index contributed by atoms with van der Waals surface area (Å²) in [5.41, 5.74) is -1.06. The molecular formula is C20H25F3O. The quantitative estimate of drug-likeness (QED) is 0.333. The van der Waals surface area contributed by atoms with E-state index in [1.807, 2.05) is 6.92 Å². The van der Waals surface area contributed by atoms with Crippen molar-refractivity contribution in [2.75, 3.05) is 0 Å². The number of Topliss-reactive ketones (excluding diaryl/α,β-unsaturated/α-hetero) is 1. The van der Waals surface area contributed by atoms with Gasteiger partial charge in [-0.1, -0.05) is 61.9 Å². The second-order valence-electron chi connectivity index (χ2n) is 6.41. The number of halogens is 3. The van der Waals surface area contributed by atoms with Crippen molar-refractivity contribution >= 4 is 5.78 Å². The Morgan fingerprint density at radius 3 is 2.25 bits per heavy atom. The molecule has 1 aromatic rings. The lowest BCUT2D eigenvalue weighted by Gasteiger charge is -2.26. The van der Waals surface area contributed by atoms with E-state index in [0.29, 0.717) is 12.0 Å². The van der Waals surface area contributed by atoms with E-state index in [1.165, 1.54) is 0 Å². The topological polar surface area (TPSA) is 17.1 Å². The van der Waals surface area contributed by atoms with Gasteiger partial charge >= 0.3 is 6.18 Å². The molecule has 0 saturated heterocycles. The van der Waals surface area contributed by atoms with Crippen molar-refractivity contribution in [2.45, 2.75) is 65.5 Å². The molecule has 0 saturated carbocycles. The van der Waals surface area contributed by atoms with Crippen LogP contribution < -0.4 is 0 Å². The van der Waals surface area contributed by atoms with E-state index < -0.39 is 23.8 Å². The summed E-state index contributed by atoms with van der Waals surface area (Å²) in [6.45, 7) is 4.94. The van der Waals surface area contributed by atoms with Crippen LogP contribution in [0.2, 0.25) is 0 Å². The number of benzene rings is 1. The summed E-state index contributed by atoms with van der Waals surface area (Å²) in [6.07, 6.45) is -0.866. The molecular weight excluding hydrogens is 313 g/mol. The second kappa shape index (κ2) is 8.92. The SMILES string of the molecule is CCCCCCC#CC(C)(CC(=O)c1ccc(C)cc1)C(F)(F)F. The second-order valence-corrected chi connectivity index (χ2v) is 6.41. The number of carbonyl (C=O) groups is 1. The van der Waals surface area contributed by atoms with E-state index in [1.54, 1.807) is 24.3 Å². The summed E-state index contributed by atoms with van der Waals surface area (Å²) < 4.78 is 40.3. The molecule has 0 aliphatic carbocycles. The average molecular weight is 338 g/mol. The number of aryl methyl sites for hydroxylation is 1. The third kappa shape index (κ3) is 6.03. The third-order valence-corrected chi connectivity index (χ3v) is 4.03. The maximum absolute atomic E-state index is 13.4. The molecule has 0 N–H and O–H groups in total. The number of rotatable bonds is 7. The number of hydrogen-bond donors (Lipinski definition) is 0. The lowest BCUT2D eigenvalue weighted by Crippen LogP contribution is -2.36. The highest BCUT2D eigenvalue weighted by atomic mass is 19.4. The molecule has 1 rings (SSSR count). The molecule has 1 aromatic carbocycles. The Bertz CT molecular complexity index is 590. The Labute approximate surface area is 142 Å². The Morgan fingerprint density at radius 1 is 1.08 bits per heavy atom. The van der Waals surface area contributed by atoms with Crippen LogP contribution in [0.15, 0.2) is 24.3 Å². The minimum absolute atomic E-state index is 0.292. The fourth-order valence-corrected chi connectivity index (χ4v) is 2.28. The highest BCUT2D eigenvalue weighted by Crippen LogP contribution is 2.41. The van der Waals surface area contributed by atoms with Gasteiger partial charge in [0, 0.05) is 18.4 Å². The van der Waals surface area contributed by atoms with Gasteiger partial charge in [0.05, 0.1) is 0 Å². The average Bonchev–Trinajstić information content (AvgIpc) is 2.50. The predicted octanol–water partition coefficient (Wildman–Crippen LogP) is 6.11. The van der Waals surface area contributed by atoms with E-state index in [0.717, 1.165) is 38.2 Å². The van der Waals surface area contributed by atoms with Gasteiger partial charge in [-0.3, -0.25) is 4.79 Å². The highest BCUT2D eigenvalue weighted by molar-refractivity contribution is 5.96. The number of hydrogen-bond acceptors (Lipinski definition) is 1. The van der Waals surface area contributed by atoms with Crippen molar-refractivity contribution < 1.29 is 18.0 Å². The molecule has 0 radical (unpaired) electrons. The number of unbranched alkanes of at least 4 members (excludes halogenated alkanes) is 4. The van der Waals surface area contributed by atoms with Crippen molar-refractivity contribution in [2.24, 2.45) is 5.41 Å². The predicted molar refractivity (Wildman–Crippen MR) is 90.8 cm³/mol. The van der Waals surface area contributed by atoms with Crippen LogP contribution in [0.5, 0.6) is 0 Å². The normalized spacial score (nSPS) is 13.8. The first-order valence-corrected chi connectivity index (χ1v) is 8.36. The minimum atomic E-state index is -4.54. The van der Waals surface area contributed by atoms with Crippen LogP contribution in [-0.2, 0) is 0 Å². The van der Waals surface area contributed by atoms with Gasteiger partial charge < -0.3 is 0 Å². The first-order valence-electron chi connectivity index (χ1n) is 8.36. The first kappa shape index (κ1) is 20.3. The van der Waals surface area contributed by atoms with Crippen LogP contribution in [0.1, 0.15) is 68.3 Å². The summed E-state index contributed by atoms with van der Waals surface area (Å²) in [6, 6.07) is 6.56. The summed E-state index contributed by atoms with van der Waals surface area (Å²) in [4.78, 5) is 12.2. The van der Waals surface area contributed by atoms with Gasteiger partial charge in [0.2, 0.25) is 0 Å². The van der Waals surface area contributed by atoms with Crippen LogP contribution in [0.4, 0.5) is 13.2 Å². The molecule has 0 amide bonds. The Balaban J connectivity index is 2.83. The molecule has 1 unspecified atom stereocenters. The molecule has 1 nitrogen and oxygen atoms in total. The van der Waals surface area contributed by atoms with Crippen LogP contribution >= 0.6 is 0 Å². The van der Waals surface area contributed by atoms with Crippen LogP contribution in [0.25, 0.3) is 0 Å². The Kier molecular flexibility index (Phi) is 7.54. The van der Waals surface area contributed by atoms with E-state index in [9.17, 15) is 18.0 Å².